The number of aromatic nitrogens is 2. The maximum absolute atomic E-state index is 12.4. The Morgan fingerprint density at radius 2 is 2.11 bits per heavy atom. The number of aryl methyl sites for hydroxylation is 2. The van der Waals surface area contributed by atoms with Gasteiger partial charge in [0.2, 0.25) is 0 Å². The summed E-state index contributed by atoms with van der Waals surface area (Å²) in [5.41, 5.74) is 7.80. The van der Waals surface area contributed by atoms with Gasteiger partial charge in [-0.2, -0.15) is 5.10 Å². The lowest BCUT2D eigenvalue weighted by molar-refractivity contribution is 0.0727. The van der Waals surface area contributed by atoms with Crippen LogP contribution in [0.2, 0.25) is 0 Å². The predicted molar refractivity (Wildman–Crippen MR) is 73.5 cm³/mol. The number of amides is 1. The molecule has 0 spiro atoms. The van der Waals surface area contributed by atoms with Crippen molar-refractivity contribution in [2.45, 2.75) is 46.1 Å². The molecule has 0 saturated heterocycles. The van der Waals surface area contributed by atoms with Crippen LogP contribution in [0.25, 0.3) is 0 Å². The number of hydrogen-bond donors (Lipinski definition) is 1. The van der Waals surface area contributed by atoms with Crippen LogP contribution < -0.4 is 5.73 Å². The maximum Gasteiger partial charge on any atom is 0.274 e. The van der Waals surface area contributed by atoms with Crippen LogP contribution in [-0.4, -0.2) is 33.7 Å². The molecular weight excluding hydrogens is 228 g/mol. The highest BCUT2D eigenvalue weighted by Crippen LogP contribution is 2.19. The third-order valence-corrected chi connectivity index (χ3v) is 3.39. The predicted octanol–water partition coefficient (Wildman–Crippen LogP) is 1.83. The molecule has 0 aliphatic heterocycles. The molecule has 18 heavy (non-hydrogen) atoms. The van der Waals surface area contributed by atoms with Gasteiger partial charge in [0.1, 0.15) is 5.69 Å². The normalized spacial score (nSPS) is 12.5. The van der Waals surface area contributed by atoms with E-state index in [4.69, 9.17) is 5.73 Å². The van der Waals surface area contributed by atoms with Crippen LogP contribution in [0.15, 0.2) is 0 Å². The molecule has 1 heterocycles. The summed E-state index contributed by atoms with van der Waals surface area (Å²) in [5, 5.41) is 4.28. The smallest absolute Gasteiger partial charge is 0.274 e. The van der Waals surface area contributed by atoms with Crippen molar-refractivity contribution in [2.75, 3.05) is 12.8 Å². The third-order valence-electron chi connectivity index (χ3n) is 3.39. The van der Waals surface area contributed by atoms with E-state index in [-0.39, 0.29) is 11.9 Å². The fourth-order valence-electron chi connectivity index (χ4n) is 2.09. The summed E-state index contributed by atoms with van der Waals surface area (Å²) in [6.07, 6.45) is 2.78. The number of carbonyl (C=O) groups is 1. The van der Waals surface area contributed by atoms with Gasteiger partial charge in [-0.3, -0.25) is 9.48 Å². The van der Waals surface area contributed by atoms with Gasteiger partial charge in [0.05, 0.1) is 11.4 Å². The van der Waals surface area contributed by atoms with Crippen molar-refractivity contribution in [1.29, 1.82) is 0 Å². The van der Waals surface area contributed by atoms with E-state index in [9.17, 15) is 4.79 Å². The summed E-state index contributed by atoms with van der Waals surface area (Å²) >= 11 is 0. The number of anilines is 1. The Bertz CT molecular complexity index is 425. The van der Waals surface area contributed by atoms with Crippen LogP contribution in [0.4, 0.5) is 5.69 Å². The highest BCUT2D eigenvalue weighted by molar-refractivity contribution is 5.98. The van der Waals surface area contributed by atoms with E-state index in [2.05, 4.69) is 18.9 Å². The molecule has 0 aliphatic rings. The zero-order chi connectivity index (χ0) is 13.9. The maximum atomic E-state index is 12.4. The molecule has 0 aliphatic carbocycles. The van der Waals surface area contributed by atoms with Crippen molar-refractivity contribution in [1.82, 2.24) is 14.7 Å². The molecule has 0 bridgehead atoms. The standard InChI is InChI=1S/C13H24N4O/c1-6-8-9(3)16(4)13(18)12-11(14)10(7-2)15-17(12)5/h9H,6-8,14H2,1-5H3. The number of nitrogens with two attached hydrogens (primary N) is 1. The van der Waals surface area contributed by atoms with E-state index >= 15 is 0 Å². The van der Waals surface area contributed by atoms with E-state index in [1.165, 1.54) is 0 Å². The molecule has 1 amide bonds. The summed E-state index contributed by atoms with van der Waals surface area (Å²) in [6, 6.07) is 0.210. The molecular formula is C13H24N4O. The van der Waals surface area contributed by atoms with E-state index < -0.39 is 0 Å². The van der Waals surface area contributed by atoms with Crippen molar-refractivity contribution in [2.24, 2.45) is 7.05 Å². The first-order chi connectivity index (χ1) is 8.43. The number of carbonyl (C=O) groups excluding carboxylic acids is 1. The van der Waals surface area contributed by atoms with Crippen LogP contribution in [-0.2, 0) is 13.5 Å². The van der Waals surface area contributed by atoms with E-state index in [0.29, 0.717) is 11.4 Å². The quantitative estimate of drug-likeness (QED) is 0.869. The first-order valence-corrected chi connectivity index (χ1v) is 6.52. The van der Waals surface area contributed by atoms with Gasteiger partial charge < -0.3 is 10.6 Å². The zero-order valence-electron chi connectivity index (χ0n) is 12.0. The molecule has 5 nitrogen and oxygen atoms in total. The molecule has 0 radical (unpaired) electrons. The van der Waals surface area contributed by atoms with E-state index in [1.54, 1.807) is 16.6 Å². The number of nitrogens with zero attached hydrogens (tertiary/aromatic N) is 3. The highest BCUT2D eigenvalue weighted by Gasteiger charge is 2.24. The molecule has 1 unspecified atom stereocenters. The van der Waals surface area contributed by atoms with Crippen LogP contribution in [0.5, 0.6) is 0 Å². The van der Waals surface area contributed by atoms with Crippen LogP contribution in [0.3, 0.4) is 0 Å². The zero-order valence-corrected chi connectivity index (χ0v) is 12.0. The van der Waals surface area contributed by atoms with Crippen molar-refractivity contribution >= 4 is 11.6 Å². The minimum atomic E-state index is -0.0526. The van der Waals surface area contributed by atoms with Gasteiger partial charge in [0, 0.05) is 20.1 Å². The third kappa shape index (κ3) is 2.66. The molecule has 0 fully saturated rings. The molecule has 1 rings (SSSR count). The summed E-state index contributed by atoms with van der Waals surface area (Å²) in [4.78, 5) is 14.2. The monoisotopic (exact) mass is 252 g/mol. The Hall–Kier alpha value is -1.52. The van der Waals surface area contributed by atoms with Gasteiger partial charge in [-0.15, -0.1) is 0 Å². The van der Waals surface area contributed by atoms with Crippen molar-refractivity contribution in [3.8, 4) is 0 Å². The average Bonchev–Trinajstić information content (AvgIpc) is 2.62. The molecule has 2 N–H and O–H groups in total. The van der Waals surface area contributed by atoms with Crippen LogP contribution in [0.1, 0.15) is 49.8 Å². The summed E-state index contributed by atoms with van der Waals surface area (Å²) in [6.45, 7) is 6.15. The van der Waals surface area contributed by atoms with E-state index in [0.717, 1.165) is 25.0 Å². The molecule has 5 heteroatoms. The minimum Gasteiger partial charge on any atom is -0.395 e. The lowest BCUT2D eigenvalue weighted by atomic mass is 10.1. The molecule has 1 atom stereocenters. The van der Waals surface area contributed by atoms with Crippen molar-refractivity contribution in [3.05, 3.63) is 11.4 Å². The topological polar surface area (TPSA) is 64.2 Å². The molecule has 1 aromatic heterocycles. The lowest BCUT2D eigenvalue weighted by Gasteiger charge is -2.24. The van der Waals surface area contributed by atoms with E-state index in [1.807, 2.05) is 14.0 Å². The Kier molecular flexibility index (Phi) is 4.76. The van der Waals surface area contributed by atoms with Gasteiger partial charge in [-0.1, -0.05) is 20.3 Å². The Labute approximate surface area is 109 Å². The van der Waals surface area contributed by atoms with Crippen molar-refractivity contribution < 1.29 is 4.79 Å². The number of hydrogen-bond acceptors (Lipinski definition) is 3. The highest BCUT2D eigenvalue weighted by atomic mass is 16.2. The van der Waals surface area contributed by atoms with Crippen LogP contribution >= 0.6 is 0 Å². The SMILES string of the molecule is CCCC(C)N(C)C(=O)c1c(N)c(CC)nn1C. The second kappa shape index (κ2) is 5.89. The van der Waals surface area contributed by atoms with Gasteiger partial charge in [0.25, 0.3) is 5.91 Å². The Morgan fingerprint density at radius 3 is 2.56 bits per heavy atom. The van der Waals surface area contributed by atoms with Gasteiger partial charge in [-0.05, 0) is 19.8 Å². The molecule has 1 aromatic rings. The van der Waals surface area contributed by atoms with Crippen molar-refractivity contribution in [3.63, 3.8) is 0 Å². The largest absolute Gasteiger partial charge is 0.395 e. The Balaban J connectivity index is 3.00. The van der Waals surface area contributed by atoms with Gasteiger partial charge >= 0.3 is 0 Å². The van der Waals surface area contributed by atoms with Crippen LogP contribution in [0, 0.1) is 0 Å². The first-order valence-electron chi connectivity index (χ1n) is 6.52. The Morgan fingerprint density at radius 1 is 1.50 bits per heavy atom. The minimum absolute atomic E-state index is 0.0526. The second-order valence-electron chi connectivity index (χ2n) is 4.74. The molecule has 102 valence electrons. The molecule has 0 saturated carbocycles. The van der Waals surface area contributed by atoms with Gasteiger partial charge in [-0.25, -0.2) is 0 Å². The fourth-order valence-corrected chi connectivity index (χ4v) is 2.09. The summed E-state index contributed by atoms with van der Waals surface area (Å²) < 4.78 is 1.59. The summed E-state index contributed by atoms with van der Waals surface area (Å²) in [7, 11) is 3.59. The second-order valence-corrected chi connectivity index (χ2v) is 4.74. The molecule has 0 aromatic carbocycles. The fraction of sp³-hybridized carbons (Fsp3) is 0.692. The number of nitrogen functional groups attached to an aromatic ring is 1. The summed E-state index contributed by atoms with van der Waals surface area (Å²) in [5.74, 6) is -0.0526. The average molecular weight is 252 g/mol. The number of rotatable bonds is 5. The van der Waals surface area contributed by atoms with Gasteiger partial charge in [0.15, 0.2) is 0 Å². The lowest BCUT2D eigenvalue weighted by Crippen LogP contribution is -2.36. The first kappa shape index (κ1) is 14.5.